The van der Waals surface area contributed by atoms with Crippen LogP contribution in [-0.4, -0.2) is 39.9 Å². The Morgan fingerprint density at radius 2 is 1.57 bits per heavy atom. The van der Waals surface area contributed by atoms with Crippen LogP contribution in [0.15, 0.2) is 84.0 Å². The van der Waals surface area contributed by atoms with E-state index in [0.29, 0.717) is 23.8 Å². The maximum absolute atomic E-state index is 12.4. The minimum Gasteiger partial charge on any atom is -0.494 e. The first-order chi connectivity index (χ1) is 16.8. The first-order valence-corrected chi connectivity index (χ1v) is 13.1. The van der Waals surface area contributed by atoms with E-state index in [0.717, 1.165) is 34.7 Å². The number of carbonyl (C=O) groups excluding carboxylic acids is 1. The van der Waals surface area contributed by atoms with Gasteiger partial charge in [-0.1, -0.05) is 31.5 Å². The van der Waals surface area contributed by atoms with Crippen LogP contribution in [0.1, 0.15) is 25.3 Å². The van der Waals surface area contributed by atoms with E-state index in [1.54, 1.807) is 24.3 Å². The third-order valence-corrected chi connectivity index (χ3v) is 5.98. The van der Waals surface area contributed by atoms with Crippen molar-refractivity contribution in [1.82, 2.24) is 5.43 Å². The zero-order valence-corrected chi connectivity index (χ0v) is 20.6. The van der Waals surface area contributed by atoms with Gasteiger partial charge in [0.25, 0.3) is 5.91 Å². The van der Waals surface area contributed by atoms with Crippen molar-refractivity contribution in [2.45, 2.75) is 19.8 Å². The second-order valence-electron chi connectivity index (χ2n) is 7.74. The lowest BCUT2D eigenvalue weighted by molar-refractivity contribution is -0.119. The fraction of sp³-hybridized carbons (Fsp3) is 0.231. The van der Waals surface area contributed by atoms with Crippen molar-refractivity contribution in [2.75, 3.05) is 23.7 Å². The summed E-state index contributed by atoms with van der Waals surface area (Å²) in [5, 5.41) is 3.93. The molecule has 0 heterocycles. The molecule has 1 N–H and O–H groups in total. The number of anilines is 1. The smallest absolute Gasteiger partial charge is 0.260 e. The third kappa shape index (κ3) is 8.46. The Balaban J connectivity index is 1.58. The summed E-state index contributed by atoms with van der Waals surface area (Å²) in [5.41, 5.74) is 3.48. The fourth-order valence-electron chi connectivity index (χ4n) is 3.03. The molecule has 0 unspecified atom stereocenters. The molecule has 0 atom stereocenters. The zero-order chi connectivity index (χ0) is 25.1. The molecule has 0 saturated carbocycles. The van der Waals surface area contributed by atoms with Crippen LogP contribution in [0.5, 0.6) is 17.2 Å². The Hall–Kier alpha value is -3.85. The Morgan fingerprint density at radius 1 is 0.943 bits per heavy atom. The Labute approximate surface area is 206 Å². The summed E-state index contributed by atoms with van der Waals surface area (Å²) in [5.74, 6) is 1.40. The van der Waals surface area contributed by atoms with E-state index in [-0.39, 0.29) is 0 Å². The maximum Gasteiger partial charge on any atom is 0.260 e. The van der Waals surface area contributed by atoms with E-state index < -0.39 is 22.5 Å². The van der Waals surface area contributed by atoms with Gasteiger partial charge >= 0.3 is 0 Å². The number of benzene rings is 3. The van der Waals surface area contributed by atoms with Gasteiger partial charge in [0.2, 0.25) is 10.0 Å². The molecule has 1 amide bonds. The summed E-state index contributed by atoms with van der Waals surface area (Å²) in [4.78, 5) is 12.4. The van der Waals surface area contributed by atoms with E-state index in [1.807, 2.05) is 54.6 Å². The van der Waals surface area contributed by atoms with Crippen LogP contribution in [0.25, 0.3) is 0 Å². The average Bonchev–Trinajstić information content (AvgIpc) is 2.84. The molecule has 0 spiro atoms. The summed E-state index contributed by atoms with van der Waals surface area (Å²) >= 11 is 0. The van der Waals surface area contributed by atoms with Crippen molar-refractivity contribution in [3.05, 3.63) is 84.4 Å². The monoisotopic (exact) mass is 495 g/mol. The molecule has 0 bridgehead atoms. The zero-order valence-electron chi connectivity index (χ0n) is 19.8. The predicted molar refractivity (Wildman–Crippen MR) is 138 cm³/mol. The van der Waals surface area contributed by atoms with Crippen LogP contribution in [0.4, 0.5) is 5.69 Å². The van der Waals surface area contributed by atoms with E-state index in [9.17, 15) is 13.2 Å². The number of hydrogen-bond acceptors (Lipinski definition) is 6. The van der Waals surface area contributed by atoms with Gasteiger partial charge in [-0.25, -0.2) is 13.8 Å². The number of amides is 1. The molecule has 3 aromatic rings. The Morgan fingerprint density at radius 3 is 2.20 bits per heavy atom. The van der Waals surface area contributed by atoms with Gasteiger partial charge in [-0.3, -0.25) is 9.10 Å². The highest BCUT2D eigenvalue weighted by molar-refractivity contribution is 7.92. The lowest BCUT2D eigenvalue weighted by Crippen LogP contribution is -2.38. The number of nitrogens with one attached hydrogen (secondary N) is 1. The molecule has 35 heavy (non-hydrogen) atoms. The first-order valence-electron chi connectivity index (χ1n) is 11.2. The molecule has 0 aromatic heterocycles. The molecule has 3 aromatic carbocycles. The highest BCUT2D eigenvalue weighted by Crippen LogP contribution is 2.25. The van der Waals surface area contributed by atoms with Gasteiger partial charge in [0, 0.05) is 0 Å². The second-order valence-corrected chi connectivity index (χ2v) is 9.65. The number of hydrazone groups is 1. The summed E-state index contributed by atoms with van der Waals surface area (Å²) in [6.45, 7) is 2.35. The van der Waals surface area contributed by atoms with Crippen LogP contribution >= 0.6 is 0 Å². The number of rotatable bonds is 12. The number of carbonyl (C=O) groups is 1. The molecule has 0 aliphatic rings. The van der Waals surface area contributed by atoms with Crippen molar-refractivity contribution in [3.8, 4) is 17.2 Å². The van der Waals surface area contributed by atoms with Gasteiger partial charge in [0.05, 0.1) is 24.8 Å². The van der Waals surface area contributed by atoms with Gasteiger partial charge < -0.3 is 9.47 Å². The minimum absolute atomic E-state index is 0.339. The molecule has 0 aliphatic carbocycles. The van der Waals surface area contributed by atoms with Crippen molar-refractivity contribution in [2.24, 2.45) is 5.10 Å². The van der Waals surface area contributed by atoms with E-state index in [2.05, 4.69) is 17.5 Å². The van der Waals surface area contributed by atoms with Gasteiger partial charge in [0.1, 0.15) is 23.8 Å². The van der Waals surface area contributed by atoms with Crippen LogP contribution < -0.4 is 19.2 Å². The summed E-state index contributed by atoms with van der Waals surface area (Å²) in [6, 6.07) is 23.0. The van der Waals surface area contributed by atoms with Crippen molar-refractivity contribution >= 4 is 27.8 Å². The first kappa shape index (κ1) is 25.8. The topological polar surface area (TPSA) is 97.3 Å². The molecule has 3 rings (SSSR count). The van der Waals surface area contributed by atoms with Crippen molar-refractivity contribution in [1.29, 1.82) is 0 Å². The molecular formula is C26H29N3O5S. The van der Waals surface area contributed by atoms with Crippen LogP contribution in [-0.2, 0) is 14.8 Å². The average molecular weight is 496 g/mol. The number of nitrogens with zero attached hydrogens (tertiary/aromatic N) is 2. The highest BCUT2D eigenvalue weighted by Gasteiger charge is 2.20. The van der Waals surface area contributed by atoms with E-state index in [1.165, 1.54) is 6.21 Å². The van der Waals surface area contributed by atoms with Crippen LogP contribution in [0.3, 0.4) is 0 Å². The summed E-state index contributed by atoms with van der Waals surface area (Å²) in [7, 11) is -3.71. The molecule has 0 fully saturated rings. The number of para-hydroxylation sites is 1. The lowest BCUT2D eigenvalue weighted by atomic mass is 10.2. The molecule has 0 radical (unpaired) electrons. The predicted octanol–water partition coefficient (Wildman–Crippen LogP) is 4.57. The lowest BCUT2D eigenvalue weighted by Gasteiger charge is -2.21. The molecule has 184 valence electrons. The highest BCUT2D eigenvalue weighted by atomic mass is 32.2. The second kappa shape index (κ2) is 12.6. The number of sulfonamides is 1. The summed E-state index contributed by atoms with van der Waals surface area (Å²) in [6.07, 6.45) is 4.58. The molecule has 8 nitrogen and oxygen atoms in total. The number of hydrogen-bond donors (Lipinski definition) is 1. The normalized spacial score (nSPS) is 11.3. The van der Waals surface area contributed by atoms with Gasteiger partial charge in [-0.2, -0.15) is 5.10 Å². The maximum atomic E-state index is 12.4. The number of unbranched alkanes of at least 4 members (excludes halogenated alkanes) is 1. The molecule has 9 heteroatoms. The van der Waals surface area contributed by atoms with Gasteiger partial charge in [-0.05, 0) is 72.6 Å². The quantitative estimate of drug-likeness (QED) is 0.225. The van der Waals surface area contributed by atoms with Crippen molar-refractivity contribution < 1.29 is 22.7 Å². The largest absolute Gasteiger partial charge is 0.494 e. The SMILES string of the molecule is CCCCOc1ccc(/C=N\NC(=O)CN(c2ccc(Oc3ccccc3)cc2)S(C)(=O)=O)cc1. The Bertz CT molecular complexity index is 1210. The van der Waals surface area contributed by atoms with Gasteiger partial charge in [-0.15, -0.1) is 0 Å². The fourth-order valence-corrected chi connectivity index (χ4v) is 3.89. The van der Waals surface area contributed by atoms with Gasteiger partial charge in [0.15, 0.2) is 0 Å². The number of ether oxygens (including phenoxy) is 2. The molecular weight excluding hydrogens is 466 g/mol. The van der Waals surface area contributed by atoms with E-state index >= 15 is 0 Å². The minimum atomic E-state index is -3.71. The standard InChI is InChI=1S/C26H29N3O5S/c1-3-4-18-33-23-14-10-21(11-15-23)19-27-28-26(30)20-29(35(2,31)32)22-12-16-25(17-13-22)34-24-8-6-5-7-9-24/h5-17,19H,3-4,18,20H2,1-2H3,(H,28,30)/b27-19-. The van der Waals surface area contributed by atoms with Crippen LogP contribution in [0, 0.1) is 0 Å². The van der Waals surface area contributed by atoms with Crippen molar-refractivity contribution in [3.63, 3.8) is 0 Å². The van der Waals surface area contributed by atoms with Crippen LogP contribution in [0.2, 0.25) is 0 Å². The molecule has 0 aliphatic heterocycles. The third-order valence-electron chi connectivity index (χ3n) is 4.84. The summed E-state index contributed by atoms with van der Waals surface area (Å²) < 4.78 is 37.0. The van der Waals surface area contributed by atoms with E-state index in [4.69, 9.17) is 9.47 Å². The Kier molecular flexibility index (Phi) is 9.25. The molecule has 0 saturated heterocycles.